The molecule has 0 heterocycles. The Balaban J connectivity index is -0.0000000359. The Morgan fingerprint density at radius 2 is 0.774 bits per heavy atom. The van der Waals surface area contributed by atoms with E-state index in [4.69, 9.17) is 15.8 Å². The van der Waals surface area contributed by atoms with Crippen LogP contribution >= 0.6 is 0 Å². The van der Waals surface area contributed by atoms with Crippen molar-refractivity contribution in [1.82, 2.24) is 31.1 Å². The fourth-order valence-corrected chi connectivity index (χ4v) is 1.29. The Morgan fingerprint density at radius 1 is 0.566 bits per heavy atom. The molecule has 14 nitrogen and oxygen atoms in total. The number of carbonyl (C=O) groups is 4. The molecule has 10 N–H and O–H groups in total. The third-order valence-electron chi connectivity index (χ3n) is 6.53. The number of nitrogens with two attached hydrogens (primary N) is 2. The first-order chi connectivity index (χ1) is 23.3. The molecule has 0 fully saturated rings. The Morgan fingerprint density at radius 3 is 0.792 bits per heavy atom. The summed E-state index contributed by atoms with van der Waals surface area (Å²) in [6, 6.07) is 2.90. The molecule has 0 saturated carbocycles. The standard InChI is InChI=1S/2C6H15N.2C5H11NO.2C4H11N.2C3H5NO.Al.B.HN.Na.H2O/c2*1-5-6(2)7(3)4;2*1-3-5(2)6-4-7;2*1-3-4(2)5;2*1-2-4-3-5;;;;;/h2*6H,5H2,1-4H3;2*4-5H,3H2,1-2H3,(H,6,7);2*4H,3,5H2,1-2H3;2*2-3H,1H2,(H,4,5);;;1H;;1H2/q;;;;;;;;;;;+1;/p-1. The molecule has 4 radical (unpaired) electrons. The zero-order valence-corrected chi connectivity index (χ0v) is 40.5. The van der Waals surface area contributed by atoms with Gasteiger partial charge < -0.3 is 48.0 Å². The second-order valence-electron chi connectivity index (χ2n) is 11.4. The van der Waals surface area contributed by atoms with Gasteiger partial charge in [0.2, 0.25) is 25.6 Å². The van der Waals surface area contributed by atoms with E-state index >= 15 is 0 Å². The van der Waals surface area contributed by atoms with Crippen molar-refractivity contribution in [3.63, 3.8) is 0 Å². The van der Waals surface area contributed by atoms with Crippen LogP contribution in [0.25, 0.3) is 0 Å². The second-order valence-corrected chi connectivity index (χ2v) is 11.4. The van der Waals surface area contributed by atoms with Gasteiger partial charge in [-0.15, -0.1) is 0 Å². The van der Waals surface area contributed by atoms with Crippen molar-refractivity contribution >= 4 is 50.1 Å². The molecular weight excluding hydrogens is 699 g/mol. The molecule has 0 aliphatic carbocycles. The SMILES string of the molecule is C=CNC=O.C=CNC=O.CCC(C)N.CCC(C)N.CCC(C)N(C)C.CCC(C)N(C)C.CCC(C)NC=O.CCC(C)NC=O.[B].[NH]=[Al].[Na+].[OH-]. The second kappa shape index (κ2) is 83.5. The summed E-state index contributed by atoms with van der Waals surface area (Å²) in [6.07, 6.45) is 11.9. The molecule has 0 aliphatic rings. The molecule has 0 bridgehead atoms. The number of amides is 4. The van der Waals surface area contributed by atoms with Crippen LogP contribution in [0.15, 0.2) is 25.6 Å². The normalized spacial score (nSPS) is 11.3. The first-order valence-corrected chi connectivity index (χ1v) is 18.1. The van der Waals surface area contributed by atoms with E-state index < -0.39 is 0 Å². The zero-order chi connectivity index (χ0) is 41.9. The van der Waals surface area contributed by atoms with Crippen molar-refractivity contribution in [2.45, 2.75) is 158 Å². The summed E-state index contributed by atoms with van der Waals surface area (Å²) < 4.78 is 5.67. The molecule has 0 rings (SSSR count). The maximum absolute atomic E-state index is 9.66. The van der Waals surface area contributed by atoms with Gasteiger partial charge >= 0.3 is 50.0 Å². The Bertz CT molecular complexity index is 600. The van der Waals surface area contributed by atoms with Crippen LogP contribution in [-0.4, -0.2) is 130 Å². The van der Waals surface area contributed by atoms with Crippen molar-refractivity contribution in [2.24, 2.45) is 11.5 Å². The minimum absolute atomic E-state index is 0. The van der Waals surface area contributed by atoms with Crippen LogP contribution in [0.2, 0.25) is 0 Å². The molecule has 0 aromatic heterocycles. The van der Waals surface area contributed by atoms with Crippen LogP contribution in [0.1, 0.15) is 122 Å². The summed E-state index contributed by atoms with van der Waals surface area (Å²) in [5, 5.41) is 9.62. The van der Waals surface area contributed by atoms with Gasteiger partial charge in [0, 0.05) is 44.7 Å². The number of hydrogen-bond donors (Lipinski definition) is 7. The maximum Gasteiger partial charge on any atom is 1.00 e. The smallest absolute Gasteiger partial charge is 0.870 e. The Labute approximate surface area is 360 Å². The summed E-state index contributed by atoms with van der Waals surface area (Å²) in [4.78, 5) is 42.2. The average molecular weight is 786 g/mol. The molecule has 53 heavy (non-hydrogen) atoms. The molecule has 0 saturated heterocycles. The molecule has 0 aliphatic heterocycles. The monoisotopic (exact) mass is 786 g/mol. The van der Waals surface area contributed by atoms with Gasteiger partial charge in [-0.2, -0.15) is 0 Å². The Hall–Kier alpha value is -1.44. The van der Waals surface area contributed by atoms with Crippen molar-refractivity contribution in [3.8, 4) is 0 Å². The third-order valence-corrected chi connectivity index (χ3v) is 6.53. The van der Waals surface area contributed by atoms with E-state index in [1.54, 1.807) is 16.1 Å². The van der Waals surface area contributed by atoms with E-state index in [1.165, 1.54) is 25.2 Å². The van der Waals surface area contributed by atoms with Gasteiger partial charge in [-0.1, -0.05) is 54.7 Å². The molecule has 4 amide bonds. The summed E-state index contributed by atoms with van der Waals surface area (Å²) in [5.74, 6) is 0. The Kier molecular flexibility index (Phi) is 133. The van der Waals surface area contributed by atoms with Crippen LogP contribution in [0.4, 0.5) is 0 Å². The maximum atomic E-state index is 9.66. The quantitative estimate of drug-likeness (QED) is 0.0884. The summed E-state index contributed by atoms with van der Waals surface area (Å²) in [5.41, 5.74) is 10.6. The molecule has 6 atom stereocenters. The number of carbonyl (C=O) groups excluding carboxylic acids is 4. The topological polar surface area (TPSA) is 229 Å². The van der Waals surface area contributed by atoms with Gasteiger partial charge in [0.05, 0.1) is 0 Å². The fraction of sp³-hybridized carbons (Fsp3) is 0.778. The number of rotatable bonds is 16. The van der Waals surface area contributed by atoms with Gasteiger partial charge in [0.15, 0.2) is 0 Å². The number of hydrogen-bond acceptors (Lipinski definition) is 10. The van der Waals surface area contributed by atoms with E-state index in [0.29, 0.717) is 37.0 Å². The van der Waals surface area contributed by atoms with Gasteiger partial charge in [0.1, 0.15) is 0 Å². The average Bonchev–Trinajstić information content (AvgIpc) is 3.10. The van der Waals surface area contributed by atoms with Crippen molar-refractivity contribution in [2.75, 3.05) is 28.2 Å². The molecular formula is C36H86AlBN9NaO5. The zero-order valence-electron chi connectivity index (χ0n) is 37.4. The molecule has 0 aromatic rings. The van der Waals surface area contributed by atoms with Crippen molar-refractivity contribution < 1.29 is 54.2 Å². The van der Waals surface area contributed by atoms with Gasteiger partial charge in [0.25, 0.3) is 0 Å². The predicted molar refractivity (Wildman–Crippen MR) is 228 cm³/mol. The van der Waals surface area contributed by atoms with E-state index in [2.05, 4.69) is 114 Å². The van der Waals surface area contributed by atoms with E-state index in [0.717, 1.165) is 50.6 Å². The minimum atomic E-state index is 0. The largest absolute Gasteiger partial charge is 1.00 e. The van der Waals surface area contributed by atoms with Gasteiger partial charge in [-0.25, -0.2) is 0 Å². The summed E-state index contributed by atoms with van der Waals surface area (Å²) >= 11 is 1.67. The predicted octanol–water partition coefficient (Wildman–Crippen LogP) is 1.36. The van der Waals surface area contributed by atoms with Crippen LogP contribution in [-0.2, 0) is 19.2 Å². The minimum Gasteiger partial charge on any atom is -0.870 e. The van der Waals surface area contributed by atoms with Crippen molar-refractivity contribution in [1.29, 1.82) is 4.35 Å². The van der Waals surface area contributed by atoms with Crippen LogP contribution < -0.4 is 62.3 Å². The molecule has 17 heteroatoms. The number of nitrogens with one attached hydrogen (secondary N) is 5. The van der Waals surface area contributed by atoms with Crippen molar-refractivity contribution in [3.05, 3.63) is 25.6 Å². The van der Waals surface area contributed by atoms with Crippen LogP contribution in [0.5, 0.6) is 0 Å². The van der Waals surface area contributed by atoms with E-state index in [1.807, 2.05) is 41.5 Å². The number of nitrogens with zero attached hydrogens (tertiary/aromatic N) is 2. The molecule has 6 unspecified atom stereocenters. The fourth-order valence-electron chi connectivity index (χ4n) is 1.29. The molecule has 0 spiro atoms. The van der Waals surface area contributed by atoms with E-state index in [-0.39, 0.29) is 43.4 Å². The van der Waals surface area contributed by atoms with E-state index in [9.17, 15) is 19.2 Å². The molecule has 312 valence electrons. The summed E-state index contributed by atoms with van der Waals surface area (Å²) in [7, 11) is 8.42. The third kappa shape index (κ3) is 146. The van der Waals surface area contributed by atoms with Gasteiger partial charge in [-0.3, -0.25) is 19.2 Å². The first-order valence-electron chi connectivity index (χ1n) is 17.5. The summed E-state index contributed by atoms with van der Waals surface area (Å²) in [6.45, 7) is 31.4. The van der Waals surface area contributed by atoms with Crippen LogP contribution in [0.3, 0.4) is 0 Å². The molecule has 0 aromatic carbocycles. The van der Waals surface area contributed by atoms with Crippen LogP contribution in [0, 0.1) is 4.35 Å². The first kappa shape index (κ1) is 84.2. The van der Waals surface area contributed by atoms with Gasteiger partial charge in [-0.05, 0) is 121 Å².